The minimum absolute atomic E-state index is 0.431. The zero-order chi connectivity index (χ0) is 8.55. The van der Waals surface area contributed by atoms with Gasteiger partial charge in [-0.05, 0) is 29.7 Å². The monoisotopic (exact) mass is 166 g/mol. The van der Waals surface area contributed by atoms with E-state index in [-0.39, 0.29) is 0 Å². The molecule has 0 aliphatic heterocycles. The molecule has 0 unspecified atom stereocenters. The molecule has 4 nitrogen and oxygen atoms in total. The van der Waals surface area contributed by atoms with E-state index in [0.717, 1.165) is 5.82 Å². The maximum absolute atomic E-state index is 4.02. The van der Waals surface area contributed by atoms with E-state index >= 15 is 0 Å². The second-order valence-electron chi connectivity index (χ2n) is 3.72. The van der Waals surface area contributed by atoms with Crippen molar-refractivity contribution >= 4 is 0 Å². The Balaban J connectivity index is 2.23. The Morgan fingerprint density at radius 1 is 1.42 bits per heavy atom. The molecule has 2 rings (SSSR count). The summed E-state index contributed by atoms with van der Waals surface area (Å²) in [6.45, 7) is 4.25. The molecular formula is C8H14N4. The van der Waals surface area contributed by atoms with E-state index in [1.807, 2.05) is 4.68 Å². The van der Waals surface area contributed by atoms with E-state index in [1.54, 1.807) is 0 Å². The van der Waals surface area contributed by atoms with Crippen molar-refractivity contribution in [2.24, 2.45) is 0 Å². The number of nitrogens with zero attached hydrogens (tertiary/aromatic N) is 4. The Morgan fingerprint density at radius 3 is 2.67 bits per heavy atom. The van der Waals surface area contributed by atoms with E-state index < -0.39 is 0 Å². The maximum Gasteiger partial charge on any atom is 0.154 e. The predicted octanol–water partition coefficient (Wildman–Crippen LogP) is 1.52. The van der Waals surface area contributed by atoms with Gasteiger partial charge in [-0.15, -0.1) is 5.10 Å². The number of aromatic nitrogens is 4. The molecule has 1 aromatic heterocycles. The quantitative estimate of drug-likeness (QED) is 0.669. The summed E-state index contributed by atoms with van der Waals surface area (Å²) in [6, 6.07) is 0.581. The van der Waals surface area contributed by atoms with Gasteiger partial charge in [-0.2, -0.15) is 0 Å². The molecule has 0 radical (unpaired) electrons. The van der Waals surface area contributed by atoms with Crippen molar-refractivity contribution in [1.29, 1.82) is 0 Å². The van der Waals surface area contributed by atoms with Crippen molar-refractivity contribution in [3.63, 3.8) is 0 Å². The average molecular weight is 166 g/mol. The molecule has 0 saturated heterocycles. The molecule has 1 heterocycles. The Morgan fingerprint density at radius 2 is 2.17 bits per heavy atom. The normalized spacial score (nSPS) is 18.2. The third kappa shape index (κ3) is 1.11. The van der Waals surface area contributed by atoms with E-state index in [2.05, 4.69) is 29.4 Å². The molecule has 0 atom stereocenters. The molecule has 1 aromatic rings. The molecular weight excluding hydrogens is 152 g/mol. The van der Waals surface area contributed by atoms with Gasteiger partial charge in [0.05, 0.1) is 6.04 Å². The van der Waals surface area contributed by atoms with Crippen LogP contribution in [-0.4, -0.2) is 20.2 Å². The summed E-state index contributed by atoms with van der Waals surface area (Å²) in [6.07, 6.45) is 3.80. The molecule has 4 heteroatoms. The predicted molar refractivity (Wildman–Crippen MR) is 44.8 cm³/mol. The largest absolute Gasteiger partial charge is 0.226 e. The molecule has 0 N–H and O–H groups in total. The van der Waals surface area contributed by atoms with Crippen molar-refractivity contribution in [2.45, 2.75) is 45.1 Å². The minimum Gasteiger partial charge on any atom is -0.226 e. The summed E-state index contributed by atoms with van der Waals surface area (Å²) in [5, 5.41) is 11.7. The highest BCUT2D eigenvalue weighted by molar-refractivity contribution is 4.92. The summed E-state index contributed by atoms with van der Waals surface area (Å²) in [4.78, 5) is 0. The maximum atomic E-state index is 4.02. The number of tetrazole rings is 1. The van der Waals surface area contributed by atoms with Gasteiger partial charge in [-0.25, -0.2) is 4.68 Å². The molecule has 0 aromatic carbocycles. The first-order chi connectivity index (χ1) is 5.79. The lowest BCUT2D eigenvalue weighted by Gasteiger charge is -2.26. The molecule has 12 heavy (non-hydrogen) atoms. The summed E-state index contributed by atoms with van der Waals surface area (Å²) < 4.78 is 1.99. The van der Waals surface area contributed by atoms with E-state index in [9.17, 15) is 0 Å². The van der Waals surface area contributed by atoms with Crippen molar-refractivity contribution in [3.05, 3.63) is 5.82 Å². The molecule has 66 valence electrons. The zero-order valence-electron chi connectivity index (χ0n) is 7.56. The summed E-state index contributed by atoms with van der Waals surface area (Å²) in [7, 11) is 0. The second-order valence-corrected chi connectivity index (χ2v) is 3.72. The van der Waals surface area contributed by atoms with Crippen LogP contribution in [0, 0.1) is 0 Å². The summed E-state index contributed by atoms with van der Waals surface area (Å²) in [5.41, 5.74) is 0. The molecule has 1 aliphatic rings. The molecule has 0 amide bonds. The van der Waals surface area contributed by atoms with Gasteiger partial charge in [0.15, 0.2) is 5.82 Å². The third-order valence-electron chi connectivity index (χ3n) is 2.46. The molecule has 0 bridgehead atoms. The lowest BCUT2D eigenvalue weighted by molar-refractivity contribution is 0.275. The van der Waals surface area contributed by atoms with Crippen molar-refractivity contribution < 1.29 is 0 Å². The minimum atomic E-state index is 0.431. The first-order valence-corrected chi connectivity index (χ1v) is 4.57. The highest BCUT2D eigenvalue weighted by Gasteiger charge is 2.24. The second kappa shape index (κ2) is 2.84. The van der Waals surface area contributed by atoms with Gasteiger partial charge in [0.1, 0.15) is 0 Å². The van der Waals surface area contributed by atoms with Crippen molar-refractivity contribution in [2.75, 3.05) is 0 Å². The van der Waals surface area contributed by atoms with Crippen LogP contribution in [0.25, 0.3) is 0 Å². The Labute approximate surface area is 72.0 Å². The van der Waals surface area contributed by atoms with Gasteiger partial charge in [-0.1, -0.05) is 13.8 Å². The standard InChI is InChI=1S/C8H14N4/c1-6(2)8-9-10-11-12(8)7-4-3-5-7/h6-7H,3-5H2,1-2H3. The highest BCUT2D eigenvalue weighted by atomic mass is 15.6. The smallest absolute Gasteiger partial charge is 0.154 e. The van der Waals surface area contributed by atoms with Crippen molar-refractivity contribution in [1.82, 2.24) is 20.2 Å². The van der Waals surface area contributed by atoms with Gasteiger partial charge in [0, 0.05) is 5.92 Å². The van der Waals surface area contributed by atoms with Gasteiger partial charge in [0.25, 0.3) is 0 Å². The first kappa shape index (κ1) is 7.71. The van der Waals surface area contributed by atoms with Gasteiger partial charge < -0.3 is 0 Å². The third-order valence-corrected chi connectivity index (χ3v) is 2.46. The molecule has 1 aliphatic carbocycles. The van der Waals surface area contributed by atoms with E-state index in [1.165, 1.54) is 19.3 Å². The van der Waals surface area contributed by atoms with Gasteiger partial charge in [0.2, 0.25) is 0 Å². The Hall–Kier alpha value is -0.930. The molecule has 0 spiro atoms. The van der Waals surface area contributed by atoms with Crippen LogP contribution in [0.15, 0.2) is 0 Å². The van der Waals surface area contributed by atoms with Crippen LogP contribution in [-0.2, 0) is 0 Å². The fourth-order valence-corrected chi connectivity index (χ4v) is 1.47. The van der Waals surface area contributed by atoms with Gasteiger partial charge >= 0.3 is 0 Å². The van der Waals surface area contributed by atoms with Crippen LogP contribution in [0.3, 0.4) is 0 Å². The lowest BCUT2D eigenvalue weighted by atomic mass is 9.93. The van der Waals surface area contributed by atoms with Gasteiger partial charge in [-0.3, -0.25) is 0 Å². The van der Waals surface area contributed by atoms with Crippen LogP contribution in [0.1, 0.15) is 50.9 Å². The number of rotatable bonds is 2. The van der Waals surface area contributed by atoms with Crippen LogP contribution in [0.5, 0.6) is 0 Å². The molecule has 1 saturated carbocycles. The van der Waals surface area contributed by atoms with E-state index in [4.69, 9.17) is 0 Å². The summed E-state index contributed by atoms with van der Waals surface area (Å²) in [5.74, 6) is 1.46. The average Bonchev–Trinajstić information content (AvgIpc) is 2.31. The van der Waals surface area contributed by atoms with Crippen LogP contribution >= 0.6 is 0 Å². The van der Waals surface area contributed by atoms with Crippen LogP contribution in [0.4, 0.5) is 0 Å². The SMILES string of the molecule is CC(C)c1nnnn1C1CCC1. The topological polar surface area (TPSA) is 43.6 Å². The zero-order valence-corrected chi connectivity index (χ0v) is 7.56. The van der Waals surface area contributed by atoms with E-state index in [0.29, 0.717) is 12.0 Å². The fourth-order valence-electron chi connectivity index (χ4n) is 1.47. The Bertz CT molecular complexity index is 262. The number of hydrogen-bond acceptors (Lipinski definition) is 3. The van der Waals surface area contributed by atoms with Crippen LogP contribution < -0.4 is 0 Å². The Kier molecular flexibility index (Phi) is 1.83. The summed E-state index contributed by atoms with van der Waals surface area (Å²) >= 11 is 0. The lowest BCUT2D eigenvalue weighted by Crippen LogP contribution is -2.21. The highest BCUT2D eigenvalue weighted by Crippen LogP contribution is 2.32. The van der Waals surface area contributed by atoms with Crippen molar-refractivity contribution in [3.8, 4) is 0 Å². The first-order valence-electron chi connectivity index (χ1n) is 4.57. The number of hydrogen-bond donors (Lipinski definition) is 0. The molecule has 1 fully saturated rings. The van der Waals surface area contributed by atoms with Crippen LogP contribution in [0.2, 0.25) is 0 Å². The fraction of sp³-hybridized carbons (Fsp3) is 0.875.